The monoisotopic (exact) mass is 1340 g/mol. The highest BCUT2D eigenvalue weighted by Crippen LogP contribution is 2.44. The van der Waals surface area contributed by atoms with Crippen LogP contribution in [-0.4, -0.2) is 135 Å². The summed E-state index contributed by atoms with van der Waals surface area (Å²) < 4.78 is 196. The van der Waals surface area contributed by atoms with E-state index in [9.17, 15) is 62.3 Å². The number of methoxy groups -OCH3 is 1. The Bertz CT molecular complexity index is 4730. The first-order chi connectivity index (χ1) is 39.7. The Labute approximate surface area is 501 Å². The molecule has 0 saturated carbocycles. The van der Waals surface area contributed by atoms with Gasteiger partial charge in [-0.25, -0.2) is 9.97 Å². The Morgan fingerprint density at radius 2 is 1.26 bits per heavy atom. The molecule has 0 spiro atoms. The molecule has 86 heavy (non-hydrogen) atoms. The third-order valence-corrected chi connectivity index (χ3v) is 16.4. The van der Waals surface area contributed by atoms with E-state index in [1.54, 1.807) is 71.4 Å². The molecule has 39 heteroatoms. The number of benzene rings is 5. The fourth-order valence-corrected chi connectivity index (χ4v) is 11.7. The maximum absolute atomic E-state index is 12.4. The van der Waals surface area contributed by atoms with E-state index in [1.807, 2.05) is 0 Å². The second-order valence-corrected chi connectivity index (χ2v) is 25.9. The molecule has 8 aromatic rings. The third-order valence-electron chi connectivity index (χ3n) is 11.0. The summed E-state index contributed by atoms with van der Waals surface area (Å²) in [5.74, 6) is -1.31. The summed E-state index contributed by atoms with van der Waals surface area (Å²) in [4.78, 5) is 8.13. The molecule has 3 heterocycles. The number of azo groups is 3. The summed E-state index contributed by atoms with van der Waals surface area (Å²) in [6.07, 6.45) is -0.106. The topological polar surface area (TPSA) is 487 Å². The predicted molar refractivity (Wildman–Crippen MR) is 313 cm³/mol. The van der Waals surface area contributed by atoms with Gasteiger partial charge in [0.05, 0.1) is 55.8 Å². The van der Waals surface area contributed by atoms with E-state index in [-0.39, 0.29) is 116 Å². The Balaban J connectivity index is 0.00000122. The Hall–Kier alpha value is -7.72. The van der Waals surface area contributed by atoms with Crippen molar-refractivity contribution in [2.45, 2.75) is 55.7 Å². The number of nitriles is 1. The van der Waals surface area contributed by atoms with Crippen LogP contribution in [0.3, 0.4) is 0 Å². The van der Waals surface area contributed by atoms with Gasteiger partial charge in [-0.15, -0.1) is 62.6 Å². The lowest BCUT2D eigenvalue weighted by atomic mass is 10.1. The minimum absolute atomic E-state index is 0. The van der Waals surface area contributed by atoms with Gasteiger partial charge in [-0.1, -0.05) is 37.0 Å². The van der Waals surface area contributed by atoms with Crippen molar-refractivity contribution in [2.75, 3.05) is 38.1 Å². The first-order valence-electron chi connectivity index (χ1n) is 23.2. The summed E-state index contributed by atoms with van der Waals surface area (Å²) in [6, 6.07) is 19.8. The van der Waals surface area contributed by atoms with Gasteiger partial charge in [0.15, 0.2) is 11.3 Å². The normalized spacial score (nSPS) is 11.9. The van der Waals surface area contributed by atoms with Crippen molar-refractivity contribution >= 4 is 156 Å². The number of imidazole rings is 1. The van der Waals surface area contributed by atoms with E-state index in [4.69, 9.17) is 30.0 Å². The largest absolute Gasteiger partial charge is 0.493 e. The van der Waals surface area contributed by atoms with Crippen LogP contribution in [-0.2, 0) is 66.4 Å². The number of aryl methyl sites for hydroxylation is 2. The maximum atomic E-state index is 12.4. The first-order valence-corrected chi connectivity index (χ1v) is 33.1. The molecule has 5 N–H and O–H groups in total. The number of hydrogen-bond donors (Lipinski definition) is 5. The van der Waals surface area contributed by atoms with Crippen LogP contribution in [0.4, 0.5) is 33.6 Å². The number of aromatic nitrogens is 3. The van der Waals surface area contributed by atoms with Gasteiger partial charge in [0.25, 0.3) is 40.5 Å². The van der Waals surface area contributed by atoms with Crippen LogP contribution in [0, 0.1) is 32.1 Å². The SMILES string of the molecule is C.COC.Cc1cc(N=Nc2cc(OCCCS(=O)(=O)O)c(N=Nc3c(C)c(C#N)c4nc5ccccc5n4c3O)cc2C)c(SCCCS(=O)(=O)O)cc1N=Nc1nc2c(S(=O)(=O)O)cc3ccc(S(=O)(=O)O)cc3c2s1.O=S(=O)=O.O=S(=O)=O. The summed E-state index contributed by atoms with van der Waals surface area (Å²) in [6.45, 7) is 4.69. The fourth-order valence-electron chi connectivity index (χ4n) is 7.43. The smallest absolute Gasteiger partial charge is 0.425 e. The standard InChI is InChI=1S/C44H38N10O14S6.C2H6O.CH4.2O3S/c1-23-16-33(50-52-39-25(3)29(22-45)42-46-30-8-4-5-9-35(30)54(42)43(39)55)36(68-12-6-14-71(56,57)58)20-31(23)48-51-34-17-24(2)32(21-37(34)69-13-7-15-72(59,60)61)49-53-44-47-40-38(74(65,66)67)18-26-10-11-27(73(62,63)64)19-28(26)41(40)70-44;1-3-2;;2*1-4(2)3/h4-5,8-11,16-21,55H,6-7,12-15H2,1-3H3,(H,56,57,58)(H,59,60,61)(H,62,63,64)(H,65,66,67);1-2H3;1H4;;. The predicted octanol–water partition coefficient (Wildman–Crippen LogP) is 9.41. The molecule has 5 aromatic carbocycles. The fraction of sp³-hybridized carbons (Fsp3) is 0.255. The van der Waals surface area contributed by atoms with Crippen LogP contribution in [0.25, 0.3) is 37.7 Å². The van der Waals surface area contributed by atoms with E-state index < -0.39 is 83.0 Å². The Morgan fingerprint density at radius 1 is 0.698 bits per heavy atom. The molecule has 0 aliphatic rings. The third kappa shape index (κ3) is 19.4. The van der Waals surface area contributed by atoms with Crippen LogP contribution >= 0.6 is 23.1 Å². The average molecular weight is 1350 g/mol. The van der Waals surface area contributed by atoms with E-state index in [2.05, 4.69) is 51.5 Å². The Morgan fingerprint density at radius 3 is 1.85 bits per heavy atom. The van der Waals surface area contributed by atoms with Crippen molar-refractivity contribution in [3.05, 3.63) is 95.1 Å². The molecule has 0 amide bonds. The number of thioether (sulfide) groups is 1. The average Bonchev–Trinajstić information content (AvgIpc) is 1.65. The molecule has 31 nitrogen and oxygen atoms in total. The number of para-hydroxylation sites is 2. The Kier molecular flexibility index (Phi) is 24.7. The molecule has 0 radical (unpaired) electrons. The van der Waals surface area contributed by atoms with E-state index >= 15 is 0 Å². The number of pyridine rings is 1. The first kappa shape index (κ1) is 70.8. The van der Waals surface area contributed by atoms with Crippen molar-refractivity contribution in [2.24, 2.45) is 30.7 Å². The molecule has 0 saturated heterocycles. The van der Waals surface area contributed by atoms with Gasteiger partial charge in [-0.3, -0.25) is 22.6 Å². The number of hydrogen-bond acceptors (Lipinski definition) is 28. The van der Waals surface area contributed by atoms with E-state index in [0.717, 1.165) is 41.3 Å². The lowest BCUT2D eigenvalue weighted by molar-refractivity contribution is 0.277. The van der Waals surface area contributed by atoms with Gasteiger partial charge in [0, 0.05) is 36.1 Å². The van der Waals surface area contributed by atoms with E-state index in [1.165, 1.54) is 22.6 Å². The van der Waals surface area contributed by atoms with Gasteiger partial charge in [-0.05, 0) is 104 Å². The number of fused-ring (bicyclic) bond motifs is 6. The minimum Gasteiger partial charge on any atom is -0.493 e. The zero-order valence-corrected chi connectivity index (χ0v) is 50.7. The van der Waals surface area contributed by atoms with Crippen LogP contribution in [0.5, 0.6) is 11.6 Å². The molecule has 0 aliphatic carbocycles. The molecule has 0 unspecified atom stereocenters. The molecule has 0 aliphatic heterocycles. The number of aromatic hydroxyl groups is 1. The van der Waals surface area contributed by atoms with Gasteiger partial charge >= 0.3 is 21.2 Å². The van der Waals surface area contributed by atoms with E-state index in [0.29, 0.717) is 27.1 Å². The summed E-state index contributed by atoms with van der Waals surface area (Å²) in [5, 5.41) is 48.2. The van der Waals surface area contributed by atoms with Crippen molar-refractivity contribution in [1.82, 2.24) is 14.4 Å². The minimum atomic E-state index is -4.86. The van der Waals surface area contributed by atoms with Gasteiger partial charge in [0.2, 0.25) is 11.0 Å². The van der Waals surface area contributed by atoms with Crippen LogP contribution < -0.4 is 4.74 Å². The molecular weight excluding hydrogens is 1300 g/mol. The van der Waals surface area contributed by atoms with Crippen molar-refractivity contribution in [3.8, 4) is 17.7 Å². The van der Waals surface area contributed by atoms with Crippen LogP contribution in [0.1, 0.15) is 42.5 Å². The molecule has 0 fully saturated rings. The zero-order valence-electron chi connectivity index (χ0n) is 44.2. The van der Waals surface area contributed by atoms with Gasteiger partial charge in [-0.2, -0.15) is 44.0 Å². The molecule has 460 valence electrons. The number of nitrogens with zero attached hydrogens (tertiary/aromatic N) is 10. The van der Waals surface area contributed by atoms with Crippen LogP contribution in [0.2, 0.25) is 0 Å². The second kappa shape index (κ2) is 30.1. The maximum Gasteiger partial charge on any atom is 0.425 e. The molecular formula is C47H48N10O21S8. The van der Waals surface area contributed by atoms with Gasteiger partial charge in [0.1, 0.15) is 33.5 Å². The summed E-state index contributed by atoms with van der Waals surface area (Å²) >= 11 is 1.96. The molecule has 3 aromatic heterocycles. The highest BCUT2D eigenvalue weighted by Gasteiger charge is 2.24. The zero-order chi connectivity index (χ0) is 63.4. The summed E-state index contributed by atoms with van der Waals surface area (Å²) in [7, 11) is -21.1. The number of ether oxygens (including phenoxy) is 2. The van der Waals surface area contributed by atoms with Crippen molar-refractivity contribution in [3.63, 3.8) is 0 Å². The lowest BCUT2D eigenvalue weighted by Crippen LogP contribution is -2.08. The van der Waals surface area contributed by atoms with Crippen molar-refractivity contribution in [1.29, 1.82) is 5.26 Å². The quantitative estimate of drug-likeness (QED) is 0.0231. The second-order valence-electron chi connectivity index (χ2n) is 17.0. The number of rotatable bonds is 18. The molecule has 0 bridgehead atoms. The van der Waals surface area contributed by atoms with Crippen molar-refractivity contribution < 1.29 is 91.7 Å². The lowest BCUT2D eigenvalue weighted by Gasteiger charge is -2.12. The van der Waals surface area contributed by atoms with Gasteiger partial charge < -0.3 is 14.6 Å². The highest BCUT2D eigenvalue weighted by molar-refractivity contribution is 7.99. The number of thiazole rings is 1. The molecule has 0 atom stereocenters. The molecule has 8 rings (SSSR count). The summed E-state index contributed by atoms with van der Waals surface area (Å²) in [5.41, 5.74) is 3.16. The highest BCUT2D eigenvalue weighted by atomic mass is 32.2. The van der Waals surface area contributed by atoms with Crippen LogP contribution in [0.15, 0.2) is 118 Å².